The smallest absolute Gasteiger partial charge is 0.225 e. The molecule has 3 N–H and O–H groups in total. The van der Waals surface area contributed by atoms with Gasteiger partial charge >= 0.3 is 0 Å². The molecule has 0 saturated carbocycles. The summed E-state index contributed by atoms with van der Waals surface area (Å²) in [5.41, 5.74) is -0.979. The Hall–Kier alpha value is -0.690. The number of aliphatic hydroxyl groups is 3. The predicted octanol–water partition coefficient (Wildman–Crippen LogP) is -1.50. The molecule has 6 nitrogen and oxygen atoms in total. The van der Waals surface area contributed by atoms with Crippen molar-refractivity contribution in [1.82, 2.24) is 9.80 Å². The lowest BCUT2D eigenvalue weighted by Crippen LogP contribution is -2.63. The minimum absolute atomic E-state index is 0.0187. The number of amides is 1. The van der Waals surface area contributed by atoms with Gasteiger partial charge in [0.05, 0.1) is 25.4 Å². The van der Waals surface area contributed by atoms with Crippen molar-refractivity contribution in [2.75, 3.05) is 46.0 Å². The molecule has 0 atom stereocenters. The Morgan fingerprint density at radius 2 is 1.50 bits per heavy atom. The van der Waals surface area contributed by atoms with Crippen molar-refractivity contribution in [1.29, 1.82) is 0 Å². The van der Waals surface area contributed by atoms with Gasteiger partial charge < -0.3 is 20.2 Å². The van der Waals surface area contributed by atoms with Crippen LogP contribution in [0.25, 0.3) is 0 Å². The molecule has 0 spiro atoms. The Labute approximate surface area is 108 Å². The van der Waals surface area contributed by atoms with E-state index in [0.717, 1.165) is 0 Å². The van der Waals surface area contributed by atoms with Crippen molar-refractivity contribution in [3.8, 4) is 0 Å². The number of piperazine rings is 1. The Bertz CT molecular complexity index is 263. The fraction of sp³-hybridized carbons (Fsp3) is 0.917. The summed E-state index contributed by atoms with van der Waals surface area (Å²) in [5, 5.41) is 28.0. The first-order valence-electron chi connectivity index (χ1n) is 6.37. The van der Waals surface area contributed by atoms with Crippen LogP contribution >= 0.6 is 0 Å². The van der Waals surface area contributed by atoms with E-state index in [0.29, 0.717) is 26.2 Å². The SMILES string of the molecule is CC(C)C(=O)N1CCN(C(CO)(CO)CO)CC1. The number of rotatable bonds is 5. The molecule has 1 amide bonds. The predicted molar refractivity (Wildman–Crippen MR) is 67.0 cm³/mol. The van der Waals surface area contributed by atoms with E-state index in [1.54, 1.807) is 4.90 Å². The van der Waals surface area contributed by atoms with Gasteiger partial charge in [-0.1, -0.05) is 13.8 Å². The molecule has 106 valence electrons. The molecule has 18 heavy (non-hydrogen) atoms. The Morgan fingerprint density at radius 1 is 1.06 bits per heavy atom. The Morgan fingerprint density at radius 3 is 1.83 bits per heavy atom. The molecule has 1 aliphatic heterocycles. The Kier molecular flexibility index (Phi) is 5.52. The molecule has 0 bridgehead atoms. The molecule has 1 saturated heterocycles. The molecule has 0 unspecified atom stereocenters. The van der Waals surface area contributed by atoms with Crippen LogP contribution in [0.15, 0.2) is 0 Å². The number of carbonyl (C=O) groups is 1. The highest BCUT2D eigenvalue weighted by molar-refractivity contribution is 5.78. The number of nitrogens with zero attached hydrogens (tertiary/aromatic N) is 2. The molecule has 1 heterocycles. The summed E-state index contributed by atoms with van der Waals surface area (Å²) in [4.78, 5) is 15.5. The minimum atomic E-state index is -0.979. The standard InChI is InChI=1S/C12H24N2O4/c1-10(2)11(18)13-3-5-14(6-4-13)12(7-15,8-16)9-17/h10,15-17H,3-9H2,1-2H3. The van der Waals surface area contributed by atoms with Crippen LogP contribution in [0.2, 0.25) is 0 Å². The summed E-state index contributed by atoms with van der Waals surface area (Å²) in [6, 6.07) is 0. The van der Waals surface area contributed by atoms with Crippen molar-refractivity contribution in [2.45, 2.75) is 19.4 Å². The molecule has 1 rings (SSSR count). The molecule has 1 fully saturated rings. The van der Waals surface area contributed by atoms with Gasteiger partial charge in [-0.3, -0.25) is 9.69 Å². The number of hydrogen-bond acceptors (Lipinski definition) is 5. The average Bonchev–Trinajstić information content (AvgIpc) is 2.41. The van der Waals surface area contributed by atoms with Crippen LogP contribution in [-0.4, -0.2) is 82.6 Å². The van der Waals surface area contributed by atoms with Crippen molar-refractivity contribution in [3.63, 3.8) is 0 Å². The topological polar surface area (TPSA) is 84.2 Å². The summed E-state index contributed by atoms with van der Waals surface area (Å²) in [6.45, 7) is 5.11. The second-order valence-corrected chi connectivity index (χ2v) is 5.17. The third-order valence-electron chi connectivity index (χ3n) is 3.64. The first-order chi connectivity index (χ1) is 8.50. The molecule has 0 aromatic heterocycles. The second kappa shape index (κ2) is 6.47. The fourth-order valence-corrected chi connectivity index (χ4v) is 2.22. The summed E-state index contributed by atoms with van der Waals surface area (Å²) in [6.07, 6.45) is 0. The monoisotopic (exact) mass is 260 g/mol. The lowest BCUT2D eigenvalue weighted by molar-refractivity contribution is -0.138. The summed E-state index contributed by atoms with van der Waals surface area (Å²) in [7, 11) is 0. The van der Waals surface area contributed by atoms with Gasteiger partial charge in [0.2, 0.25) is 5.91 Å². The quantitative estimate of drug-likeness (QED) is 0.560. The molecule has 1 aliphatic rings. The molecular weight excluding hydrogens is 236 g/mol. The van der Waals surface area contributed by atoms with Crippen LogP contribution in [0.3, 0.4) is 0 Å². The number of aliphatic hydroxyl groups excluding tert-OH is 3. The van der Waals surface area contributed by atoms with E-state index in [4.69, 9.17) is 0 Å². The molecular formula is C12H24N2O4. The maximum atomic E-state index is 11.8. The lowest BCUT2D eigenvalue weighted by atomic mass is 9.99. The van der Waals surface area contributed by atoms with Gasteiger partial charge in [0.15, 0.2) is 0 Å². The zero-order valence-electron chi connectivity index (χ0n) is 11.2. The third kappa shape index (κ3) is 3.00. The first-order valence-corrected chi connectivity index (χ1v) is 6.37. The summed E-state index contributed by atoms with van der Waals surface area (Å²) >= 11 is 0. The zero-order valence-corrected chi connectivity index (χ0v) is 11.2. The van der Waals surface area contributed by atoms with E-state index in [1.165, 1.54) is 0 Å². The van der Waals surface area contributed by atoms with Crippen molar-refractivity contribution < 1.29 is 20.1 Å². The van der Waals surface area contributed by atoms with E-state index in [2.05, 4.69) is 0 Å². The van der Waals surface area contributed by atoms with Gasteiger partial charge in [-0.25, -0.2) is 0 Å². The van der Waals surface area contributed by atoms with Crippen molar-refractivity contribution in [3.05, 3.63) is 0 Å². The van der Waals surface area contributed by atoms with Gasteiger partial charge in [0.1, 0.15) is 0 Å². The van der Waals surface area contributed by atoms with E-state index in [9.17, 15) is 20.1 Å². The van der Waals surface area contributed by atoms with Gasteiger partial charge in [-0.15, -0.1) is 0 Å². The average molecular weight is 260 g/mol. The molecule has 0 aliphatic carbocycles. The van der Waals surface area contributed by atoms with Gasteiger partial charge in [-0.05, 0) is 0 Å². The summed E-state index contributed by atoms with van der Waals surface area (Å²) < 4.78 is 0. The van der Waals surface area contributed by atoms with E-state index in [1.807, 2.05) is 18.7 Å². The van der Waals surface area contributed by atoms with Gasteiger partial charge in [-0.2, -0.15) is 0 Å². The second-order valence-electron chi connectivity index (χ2n) is 5.17. The number of hydrogen-bond donors (Lipinski definition) is 3. The highest BCUT2D eigenvalue weighted by Gasteiger charge is 2.37. The van der Waals surface area contributed by atoms with E-state index in [-0.39, 0.29) is 31.6 Å². The highest BCUT2D eigenvalue weighted by atomic mass is 16.3. The minimum Gasteiger partial charge on any atom is -0.394 e. The van der Waals surface area contributed by atoms with Gasteiger partial charge in [0, 0.05) is 32.1 Å². The van der Waals surface area contributed by atoms with Gasteiger partial charge in [0.25, 0.3) is 0 Å². The van der Waals surface area contributed by atoms with Crippen LogP contribution < -0.4 is 0 Å². The maximum Gasteiger partial charge on any atom is 0.225 e. The Balaban J connectivity index is 2.60. The molecule has 0 aromatic carbocycles. The lowest BCUT2D eigenvalue weighted by Gasteiger charge is -2.45. The van der Waals surface area contributed by atoms with E-state index >= 15 is 0 Å². The van der Waals surface area contributed by atoms with Crippen molar-refractivity contribution in [2.24, 2.45) is 5.92 Å². The summed E-state index contributed by atoms with van der Waals surface area (Å²) in [5.74, 6) is 0.104. The molecule has 0 aromatic rings. The number of carbonyl (C=O) groups excluding carboxylic acids is 1. The maximum absolute atomic E-state index is 11.8. The van der Waals surface area contributed by atoms with Crippen LogP contribution in [0.1, 0.15) is 13.8 Å². The van der Waals surface area contributed by atoms with E-state index < -0.39 is 5.54 Å². The van der Waals surface area contributed by atoms with Crippen molar-refractivity contribution >= 4 is 5.91 Å². The zero-order chi connectivity index (χ0) is 13.8. The highest BCUT2D eigenvalue weighted by Crippen LogP contribution is 2.17. The fourth-order valence-electron chi connectivity index (χ4n) is 2.22. The van der Waals surface area contributed by atoms with Crippen LogP contribution in [0.4, 0.5) is 0 Å². The van der Waals surface area contributed by atoms with Crippen LogP contribution in [0, 0.1) is 5.92 Å². The molecule has 6 heteroatoms. The largest absolute Gasteiger partial charge is 0.394 e. The third-order valence-corrected chi connectivity index (χ3v) is 3.64. The first kappa shape index (κ1) is 15.4. The molecule has 0 radical (unpaired) electrons. The van der Waals surface area contributed by atoms with Crippen LogP contribution in [-0.2, 0) is 4.79 Å². The van der Waals surface area contributed by atoms with Crippen LogP contribution in [0.5, 0.6) is 0 Å². The normalized spacial score (nSPS) is 18.4.